The summed E-state index contributed by atoms with van der Waals surface area (Å²) >= 11 is 6.34. The van der Waals surface area contributed by atoms with E-state index in [9.17, 15) is 14.4 Å². The first-order valence-electron chi connectivity index (χ1n) is 9.10. The van der Waals surface area contributed by atoms with E-state index in [2.05, 4.69) is 5.32 Å². The van der Waals surface area contributed by atoms with Crippen molar-refractivity contribution in [2.45, 2.75) is 31.8 Å². The number of fused-ring (bicyclic) bond motifs is 1. The highest BCUT2D eigenvalue weighted by Crippen LogP contribution is 2.33. The normalized spacial score (nSPS) is 21.3. The zero-order chi connectivity index (χ0) is 19.9. The molecule has 28 heavy (non-hydrogen) atoms. The number of nitrogens with one attached hydrogen (secondary N) is 1. The number of benzene rings is 2. The highest BCUT2D eigenvalue weighted by atomic mass is 35.5. The third-order valence-corrected chi connectivity index (χ3v) is 5.44. The summed E-state index contributed by atoms with van der Waals surface area (Å²) in [5.41, 5.74) is 1.04. The smallest absolute Gasteiger partial charge is 0.339 e. The quantitative estimate of drug-likeness (QED) is 0.802. The number of anilines is 2. The molecule has 0 aromatic heterocycles. The van der Waals surface area contributed by atoms with Gasteiger partial charge in [0.2, 0.25) is 5.91 Å². The molecule has 6 nitrogen and oxygen atoms in total. The lowest BCUT2D eigenvalue weighted by Crippen LogP contribution is -2.48. The van der Waals surface area contributed by atoms with E-state index >= 15 is 0 Å². The second-order valence-electron chi connectivity index (χ2n) is 7.22. The SMILES string of the molecule is CC1(C(=O)Nc2ccc(N3CCCC3=O)c(Cl)c2)Cc2ccccc2C(=O)O1. The number of ether oxygens (including phenoxy) is 1. The molecule has 1 fully saturated rings. The number of hydrogen-bond donors (Lipinski definition) is 1. The highest BCUT2D eigenvalue weighted by molar-refractivity contribution is 6.34. The van der Waals surface area contributed by atoms with Crippen molar-refractivity contribution in [3.8, 4) is 0 Å². The number of carbonyl (C=O) groups excluding carboxylic acids is 3. The van der Waals surface area contributed by atoms with Gasteiger partial charge < -0.3 is 15.0 Å². The number of esters is 1. The number of carbonyl (C=O) groups is 3. The van der Waals surface area contributed by atoms with Gasteiger partial charge in [-0.05, 0) is 43.2 Å². The molecule has 0 saturated carbocycles. The molecule has 2 aliphatic heterocycles. The molecule has 0 spiro atoms. The number of rotatable bonds is 3. The Hall–Kier alpha value is -2.86. The monoisotopic (exact) mass is 398 g/mol. The Labute approximate surface area is 167 Å². The molecular formula is C21H19ClN2O4. The van der Waals surface area contributed by atoms with E-state index in [1.165, 1.54) is 0 Å². The molecule has 2 aliphatic rings. The van der Waals surface area contributed by atoms with Gasteiger partial charge in [-0.3, -0.25) is 9.59 Å². The van der Waals surface area contributed by atoms with Crippen molar-refractivity contribution in [3.05, 3.63) is 58.6 Å². The Bertz CT molecular complexity index is 990. The molecular weight excluding hydrogens is 380 g/mol. The van der Waals surface area contributed by atoms with Gasteiger partial charge in [0, 0.05) is 25.1 Å². The molecule has 2 heterocycles. The van der Waals surface area contributed by atoms with Crippen molar-refractivity contribution >= 4 is 40.8 Å². The average molecular weight is 399 g/mol. The molecule has 1 saturated heterocycles. The summed E-state index contributed by atoms with van der Waals surface area (Å²) < 4.78 is 5.45. The predicted octanol–water partition coefficient (Wildman–Crippen LogP) is 3.58. The van der Waals surface area contributed by atoms with Gasteiger partial charge in [-0.1, -0.05) is 29.8 Å². The van der Waals surface area contributed by atoms with E-state index in [1.807, 2.05) is 12.1 Å². The lowest BCUT2D eigenvalue weighted by Gasteiger charge is -2.33. The van der Waals surface area contributed by atoms with Gasteiger partial charge in [-0.15, -0.1) is 0 Å². The minimum Gasteiger partial charge on any atom is -0.445 e. The van der Waals surface area contributed by atoms with E-state index in [0.29, 0.717) is 34.9 Å². The topological polar surface area (TPSA) is 75.7 Å². The van der Waals surface area contributed by atoms with Gasteiger partial charge in [0.1, 0.15) is 0 Å². The molecule has 1 unspecified atom stereocenters. The van der Waals surface area contributed by atoms with Gasteiger partial charge in [0.25, 0.3) is 5.91 Å². The van der Waals surface area contributed by atoms with Crippen LogP contribution in [0.2, 0.25) is 5.02 Å². The summed E-state index contributed by atoms with van der Waals surface area (Å²) in [6, 6.07) is 12.1. The lowest BCUT2D eigenvalue weighted by molar-refractivity contribution is -0.134. The summed E-state index contributed by atoms with van der Waals surface area (Å²) in [4.78, 5) is 38.7. The zero-order valence-corrected chi connectivity index (χ0v) is 16.1. The number of amides is 2. The maximum absolute atomic E-state index is 12.9. The maximum Gasteiger partial charge on any atom is 0.339 e. The highest BCUT2D eigenvalue weighted by Gasteiger charge is 2.42. The van der Waals surface area contributed by atoms with Crippen molar-refractivity contribution < 1.29 is 19.1 Å². The summed E-state index contributed by atoms with van der Waals surface area (Å²) in [5, 5.41) is 3.15. The third kappa shape index (κ3) is 3.24. The molecule has 2 amide bonds. The van der Waals surface area contributed by atoms with Crippen molar-refractivity contribution in [1.29, 1.82) is 0 Å². The second-order valence-corrected chi connectivity index (χ2v) is 7.63. The third-order valence-electron chi connectivity index (χ3n) is 5.13. The minimum absolute atomic E-state index is 0.0407. The Kier molecular flexibility index (Phi) is 4.59. The van der Waals surface area contributed by atoms with Crippen LogP contribution in [0.15, 0.2) is 42.5 Å². The van der Waals surface area contributed by atoms with E-state index in [-0.39, 0.29) is 12.3 Å². The average Bonchev–Trinajstić information content (AvgIpc) is 3.07. The second kappa shape index (κ2) is 6.95. The van der Waals surface area contributed by atoms with Crippen LogP contribution >= 0.6 is 11.6 Å². The Morgan fingerprint density at radius 2 is 2.00 bits per heavy atom. The van der Waals surface area contributed by atoms with Crippen LogP contribution < -0.4 is 10.2 Å². The van der Waals surface area contributed by atoms with Crippen LogP contribution in [-0.4, -0.2) is 29.9 Å². The Balaban J connectivity index is 1.53. The fraction of sp³-hybridized carbons (Fsp3) is 0.286. The summed E-state index contributed by atoms with van der Waals surface area (Å²) in [7, 11) is 0. The Morgan fingerprint density at radius 1 is 1.21 bits per heavy atom. The van der Waals surface area contributed by atoms with Crippen LogP contribution in [-0.2, 0) is 20.7 Å². The van der Waals surface area contributed by atoms with Crippen LogP contribution in [0.5, 0.6) is 0 Å². The number of nitrogens with zero attached hydrogens (tertiary/aromatic N) is 1. The molecule has 1 N–H and O–H groups in total. The van der Waals surface area contributed by atoms with Gasteiger partial charge in [-0.2, -0.15) is 0 Å². The van der Waals surface area contributed by atoms with E-state index < -0.39 is 17.5 Å². The van der Waals surface area contributed by atoms with Crippen molar-refractivity contribution in [2.75, 3.05) is 16.8 Å². The van der Waals surface area contributed by atoms with Crippen LogP contribution in [0, 0.1) is 0 Å². The van der Waals surface area contributed by atoms with E-state index in [0.717, 1.165) is 12.0 Å². The van der Waals surface area contributed by atoms with Gasteiger partial charge >= 0.3 is 5.97 Å². The first kappa shape index (κ1) is 18.5. The predicted molar refractivity (Wildman–Crippen MR) is 106 cm³/mol. The molecule has 4 rings (SSSR count). The lowest BCUT2D eigenvalue weighted by atomic mass is 9.89. The summed E-state index contributed by atoms with van der Waals surface area (Å²) in [6.45, 7) is 2.23. The first-order valence-corrected chi connectivity index (χ1v) is 9.48. The van der Waals surface area contributed by atoms with Crippen LogP contribution in [0.25, 0.3) is 0 Å². The van der Waals surface area contributed by atoms with Gasteiger partial charge in [0.05, 0.1) is 16.3 Å². The summed E-state index contributed by atoms with van der Waals surface area (Å²) in [6.07, 6.45) is 1.60. The zero-order valence-electron chi connectivity index (χ0n) is 15.3. The fourth-order valence-electron chi connectivity index (χ4n) is 3.63. The number of hydrogen-bond acceptors (Lipinski definition) is 4. The Morgan fingerprint density at radius 3 is 2.71 bits per heavy atom. The molecule has 144 valence electrons. The van der Waals surface area contributed by atoms with Crippen LogP contribution in [0.4, 0.5) is 11.4 Å². The van der Waals surface area contributed by atoms with Crippen molar-refractivity contribution in [3.63, 3.8) is 0 Å². The van der Waals surface area contributed by atoms with E-state index in [4.69, 9.17) is 16.3 Å². The van der Waals surface area contributed by atoms with Gasteiger partial charge in [0.15, 0.2) is 5.60 Å². The largest absolute Gasteiger partial charge is 0.445 e. The molecule has 2 aromatic rings. The molecule has 1 atom stereocenters. The first-order chi connectivity index (χ1) is 13.4. The van der Waals surface area contributed by atoms with Crippen LogP contribution in [0.3, 0.4) is 0 Å². The minimum atomic E-state index is -1.32. The molecule has 0 aliphatic carbocycles. The number of cyclic esters (lactones) is 1. The van der Waals surface area contributed by atoms with Crippen molar-refractivity contribution in [1.82, 2.24) is 0 Å². The summed E-state index contributed by atoms with van der Waals surface area (Å²) in [5.74, 6) is -0.907. The molecule has 0 radical (unpaired) electrons. The standard InChI is InChI=1S/C21H19ClN2O4/c1-21(12-13-5-2-3-6-15(13)19(26)28-21)20(27)23-14-8-9-17(16(22)11-14)24-10-4-7-18(24)25/h2-3,5-6,8-9,11H,4,7,10,12H2,1H3,(H,23,27). The number of halogens is 1. The molecule has 0 bridgehead atoms. The van der Waals surface area contributed by atoms with Crippen LogP contribution in [0.1, 0.15) is 35.7 Å². The molecule has 2 aromatic carbocycles. The van der Waals surface area contributed by atoms with Gasteiger partial charge in [-0.25, -0.2) is 4.79 Å². The maximum atomic E-state index is 12.9. The fourth-order valence-corrected chi connectivity index (χ4v) is 3.91. The van der Waals surface area contributed by atoms with E-state index in [1.54, 1.807) is 42.2 Å². The molecule has 7 heteroatoms. The van der Waals surface area contributed by atoms with Crippen molar-refractivity contribution in [2.24, 2.45) is 0 Å².